The molecule has 15 heavy (non-hydrogen) atoms. The van der Waals surface area contributed by atoms with Gasteiger partial charge in [-0.15, -0.1) is 0 Å². The summed E-state index contributed by atoms with van der Waals surface area (Å²) in [6.45, 7) is 12.0. The van der Waals surface area contributed by atoms with E-state index in [0.29, 0.717) is 0 Å². The number of hydrogen-bond acceptors (Lipinski definition) is 1. The Balaban J connectivity index is 2.52. The van der Waals surface area contributed by atoms with Gasteiger partial charge in [-0.25, -0.2) is 0 Å². The Labute approximate surface area is 96.6 Å². The van der Waals surface area contributed by atoms with Gasteiger partial charge in [0.1, 0.15) is 0 Å². The lowest BCUT2D eigenvalue weighted by atomic mass is 10.4. The molecule has 1 fully saturated rings. The van der Waals surface area contributed by atoms with Crippen molar-refractivity contribution in [2.45, 2.75) is 58.3 Å². The standard InChI is InChI=1S/C13H27NSi/c1-5-11-15(6-2,7-3)12-8-13(4)14-9-10-14/h8H,5-7,9-12H2,1-4H3. The van der Waals surface area contributed by atoms with Gasteiger partial charge in [0.05, 0.1) is 8.07 Å². The van der Waals surface area contributed by atoms with Gasteiger partial charge in [0, 0.05) is 18.8 Å². The molecule has 1 nitrogen and oxygen atoms in total. The summed E-state index contributed by atoms with van der Waals surface area (Å²) >= 11 is 0. The Bertz CT molecular complexity index is 215. The molecule has 1 saturated heterocycles. The van der Waals surface area contributed by atoms with Crippen LogP contribution in [0.15, 0.2) is 11.8 Å². The minimum atomic E-state index is -0.927. The van der Waals surface area contributed by atoms with Gasteiger partial charge in [0.25, 0.3) is 0 Å². The van der Waals surface area contributed by atoms with Gasteiger partial charge in [0.2, 0.25) is 0 Å². The van der Waals surface area contributed by atoms with Crippen molar-refractivity contribution in [3.8, 4) is 0 Å². The van der Waals surface area contributed by atoms with E-state index in [1.165, 1.54) is 49.4 Å². The Morgan fingerprint density at radius 1 is 1.20 bits per heavy atom. The highest BCUT2D eigenvalue weighted by Crippen LogP contribution is 2.28. The third-order valence-electron chi connectivity index (χ3n) is 4.06. The van der Waals surface area contributed by atoms with E-state index in [1.54, 1.807) is 0 Å². The molecule has 0 spiro atoms. The second-order valence-corrected chi connectivity index (χ2v) is 10.3. The molecule has 0 aromatic heterocycles. The van der Waals surface area contributed by atoms with Gasteiger partial charge in [-0.1, -0.05) is 51.4 Å². The summed E-state index contributed by atoms with van der Waals surface area (Å²) in [5.41, 5.74) is 1.53. The molecule has 0 aromatic carbocycles. The van der Waals surface area contributed by atoms with Crippen LogP contribution in [0.3, 0.4) is 0 Å². The predicted molar refractivity (Wildman–Crippen MR) is 72.0 cm³/mol. The number of hydrogen-bond donors (Lipinski definition) is 0. The van der Waals surface area contributed by atoms with Gasteiger partial charge in [-0.05, 0) is 13.0 Å². The molecule has 0 atom stereocenters. The minimum Gasteiger partial charge on any atom is -0.372 e. The van der Waals surface area contributed by atoms with Gasteiger partial charge in [0.15, 0.2) is 0 Å². The molecule has 0 amide bonds. The molecular weight excluding hydrogens is 198 g/mol. The van der Waals surface area contributed by atoms with Crippen molar-refractivity contribution in [2.24, 2.45) is 0 Å². The summed E-state index contributed by atoms with van der Waals surface area (Å²) in [4.78, 5) is 2.47. The second kappa shape index (κ2) is 5.74. The molecule has 0 bridgehead atoms. The van der Waals surface area contributed by atoms with E-state index in [1.807, 2.05) is 0 Å². The Hall–Kier alpha value is -0.243. The van der Waals surface area contributed by atoms with Gasteiger partial charge >= 0.3 is 0 Å². The third kappa shape index (κ3) is 3.67. The maximum Gasteiger partial charge on any atom is 0.0568 e. The first kappa shape index (κ1) is 12.8. The number of rotatable bonds is 7. The van der Waals surface area contributed by atoms with Crippen molar-refractivity contribution in [3.63, 3.8) is 0 Å². The first-order chi connectivity index (χ1) is 7.17. The van der Waals surface area contributed by atoms with E-state index in [9.17, 15) is 0 Å². The van der Waals surface area contributed by atoms with E-state index < -0.39 is 8.07 Å². The molecule has 0 aliphatic carbocycles. The van der Waals surface area contributed by atoms with Gasteiger partial charge < -0.3 is 4.90 Å². The first-order valence-corrected chi connectivity index (χ1v) is 9.42. The highest BCUT2D eigenvalue weighted by Gasteiger charge is 2.27. The summed E-state index contributed by atoms with van der Waals surface area (Å²) in [6, 6.07) is 5.85. The first-order valence-electron chi connectivity index (χ1n) is 6.59. The molecule has 88 valence electrons. The van der Waals surface area contributed by atoms with Crippen LogP contribution in [0.4, 0.5) is 0 Å². The van der Waals surface area contributed by atoms with Crippen LogP contribution in [0.2, 0.25) is 24.2 Å². The summed E-state index contributed by atoms with van der Waals surface area (Å²) in [5.74, 6) is 0. The zero-order valence-corrected chi connectivity index (χ0v) is 12.0. The van der Waals surface area contributed by atoms with Crippen molar-refractivity contribution in [3.05, 3.63) is 11.8 Å². The fourth-order valence-electron chi connectivity index (χ4n) is 2.42. The summed E-state index contributed by atoms with van der Waals surface area (Å²) in [6.07, 6.45) is 3.91. The lowest BCUT2D eigenvalue weighted by Gasteiger charge is -2.28. The zero-order chi connectivity index (χ0) is 11.3. The molecular formula is C13H27NSi. The van der Waals surface area contributed by atoms with Gasteiger partial charge in [-0.3, -0.25) is 0 Å². The second-order valence-electron chi connectivity index (χ2n) is 4.99. The van der Waals surface area contributed by atoms with E-state index in [-0.39, 0.29) is 0 Å². The van der Waals surface area contributed by atoms with Crippen LogP contribution in [0.5, 0.6) is 0 Å². The lowest BCUT2D eigenvalue weighted by Crippen LogP contribution is -2.31. The van der Waals surface area contributed by atoms with E-state index in [0.717, 1.165) is 0 Å². The van der Waals surface area contributed by atoms with Crippen LogP contribution < -0.4 is 0 Å². The van der Waals surface area contributed by atoms with Crippen LogP contribution in [0.25, 0.3) is 0 Å². The molecule has 0 saturated carbocycles. The largest absolute Gasteiger partial charge is 0.372 e. The fraction of sp³-hybridized carbons (Fsp3) is 0.846. The molecule has 0 aromatic rings. The third-order valence-corrected chi connectivity index (χ3v) is 9.69. The average molecular weight is 225 g/mol. The van der Waals surface area contributed by atoms with Crippen molar-refractivity contribution in [2.75, 3.05) is 13.1 Å². The van der Waals surface area contributed by atoms with Crippen molar-refractivity contribution < 1.29 is 0 Å². The van der Waals surface area contributed by atoms with E-state index >= 15 is 0 Å². The quantitative estimate of drug-likeness (QED) is 0.465. The van der Waals surface area contributed by atoms with Gasteiger partial charge in [-0.2, -0.15) is 0 Å². The van der Waals surface area contributed by atoms with Crippen molar-refractivity contribution in [1.82, 2.24) is 4.90 Å². The molecule has 1 aliphatic rings. The van der Waals surface area contributed by atoms with Crippen molar-refractivity contribution in [1.29, 1.82) is 0 Å². The molecule has 0 N–H and O–H groups in total. The SMILES string of the molecule is CCC[Si](CC)(CC)CC=C(C)N1CC1. The zero-order valence-electron chi connectivity index (χ0n) is 11.0. The molecule has 2 heteroatoms. The maximum atomic E-state index is 2.53. The average Bonchev–Trinajstić information content (AvgIpc) is 3.07. The predicted octanol–water partition coefficient (Wildman–Crippen LogP) is 4.10. The Kier molecular flexibility index (Phi) is 4.90. The normalized spacial score (nSPS) is 17.1. The number of allylic oxidation sites excluding steroid dienone is 2. The summed E-state index contributed by atoms with van der Waals surface area (Å²) < 4.78 is 0. The maximum absolute atomic E-state index is 2.53. The number of nitrogens with zero attached hydrogens (tertiary/aromatic N) is 1. The summed E-state index contributed by atoms with van der Waals surface area (Å²) in [7, 11) is -0.927. The molecule has 0 unspecified atom stereocenters. The molecule has 1 aliphatic heterocycles. The lowest BCUT2D eigenvalue weighted by molar-refractivity contribution is 0.695. The fourth-order valence-corrected chi connectivity index (χ4v) is 6.20. The smallest absolute Gasteiger partial charge is 0.0568 e. The van der Waals surface area contributed by atoms with E-state index in [4.69, 9.17) is 0 Å². The van der Waals surface area contributed by atoms with Crippen LogP contribution in [0.1, 0.15) is 34.1 Å². The topological polar surface area (TPSA) is 3.01 Å². The Morgan fingerprint density at radius 3 is 2.20 bits per heavy atom. The monoisotopic (exact) mass is 225 g/mol. The molecule has 0 radical (unpaired) electrons. The molecule has 1 rings (SSSR count). The summed E-state index contributed by atoms with van der Waals surface area (Å²) in [5, 5.41) is 0. The van der Waals surface area contributed by atoms with Crippen LogP contribution in [-0.2, 0) is 0 Å². The molecule has 1 heterocycles. The van der Waals surface area contributed by atoms with Crippen molar-refractivity contribution >= 4 is 8.07 Å². The highest BCUT2D eigenvalue weighted by molar-refractivity contribution is 6.80. The minimum absolute atomic E-state index is 0.927. The highest BCUT2D eigenvalue weighted by atomic mass is 28.3. The van der Waals surface area contributed by atoms with E-state index in [2.05, 4.69) is 38.7 Å². The van der Waals surface area contributed by atoms with Crippen LogP contribution >= 0.6 is 0 Å². The van der Waals surface area contributed by atoms with Crippen LogP contribution in [0, 0.1) is 0 Å². The Morgan fingerprint density at radius 2 is 1.80 bits per heavy atom. The van der Waals surface area contributed by atoms with Crippen LogP contribution in [-0.4, -0.2) is 26.1 Å².